The lowest BCUT2D eigenvalue weighted by molar-refractivity contribution is -0.120. The van der Waals surface area contributed by atoms with Crippen LogP contribution in [0.15, 0.2) is 94.4 Å². The lowest BCUT2D eigenvalue weighted by Crippen LogP contribution is -2.32. The molecule has 0 spiro atoms. The summed E-state index contributed by atoms with van der Waals surface area (Å²) in [7, 11) is 0. The largest absolute Gasteiger partial charge is 0.350 e. The molecule has 0 saturated heterocycles. The number of benzene rings is 3. The Balaban J connectivity index is 1.65. The van der Waals surface area contributed by atoms with Gasteiger partial charge in [-0.1, -0.05) is 81.4 Å². The molecule has 3 aromatic carbocycles. The highest BCUT2D eigenvalue weighted by molar-refractivity contribution is 8.04. The summed E-state index contributed by atoms with van der Waals surface area (Å²) in [5, 5.41) is 3.24. The van der Waals surface area contributed by atoms with Crippen molar-refractivity contribution in [1.29, 1.82) is 0 Å². The van der Waals surface area contributed by atoms with Gasteiger partial charge in [-0.25, -0.2) is 4.90 Å². The Labute approximate surface area is 206 Å². The fraction of sp³-hybridized carbons (Fsp3) is 0.241. The second-order valence-corrected chi connectivity index (χ2v) is 9.82. The number of carbonyl (C=O) groups excluding carboxylic acids is 2. The molecule has 0 fully saturated rings. The first-order valence-electron chi connectivity index (χ1n) is 11.8. The van der Waals surface area contributed by atoms with Crippen molar-refractivity contribution in [3.05, 3.63) is 101 Å². The van der Waals surface area contributed by atoms with Gasteiger partial charge in [0.1, 0.15) is 10.6 Å². The molecule has 0 radical (unpaired) electrons. The fourth-order valence-electron chi connectivity index (χ4n) is 3.84. The van der Waals surface area contributed by atoms with Crippen LogP contribution < -0.4 is 10.2 Å². The number of thioether (sulfide) groups is 1. The molecule has 1 aliphatic rings. The van der Waals surface area contributed by atoms with Gasteiger partial charge < -0.3 is 5.32 Å². The molecule has 0 bridgehead atoms. The van der Waals surface area contributed by atoms with Crippen LogP contribution in [0.2, 0.25) is 0 Å². The van der Waals surface area contributed by atoms with Crippen molar-refractivity contribution < 1.29 is 9.59 Å². The SMILES string of the molecule is CCCCc1ccc(N2C(=O)C(Nc3ccc(C(C)C)cc3)=C(Sc3ccccc3)C2=O)cc1. The van der Waals surface area contributed by atoms with Gasteiger partial charge in [-0.3, -0.25) is 9.59 Å². The van der Waals surface area contributed by atoms with E-state index in [0.29, 0.717) is 22.2 Å². The topological polar surface area (TPSA) is 49.4 Å². The Hall–Kier alpha value is -3.31. The average Bonchev–Trinajstić information content (AvgIpc) is 3.08. The first kappa shape index (κ1) is 23.8. The van der Waals surface area contributed by atoms with Crippen LogP contribution in [-0.4, -0.2) is 11.8 Å². The zero-order valence-electron chi connectivity index (χ0n) is 19.9. The Morgan fingerprint density at radius 1 is 0.853 bits per heavy atom. The molecule has 0 unspecified atom stereocenters. The first-order chi connectivity index (χ1) is 16.5. The highest BCUT2D eigenvalue weighted by Crippen LogP contribution is 2.38. The smallest absolute Gasteiger partial charge is 0.283 e. The van der Waals surface area contributed by atoms with E-state index in [0.717, 1.165) is 29.8 Å². The summed E-state index contributed by atoms with van der Waals surface area (Å²) in [6, 6.07) is 25.4. The second kappa shape index (κ2) is 10.7. The third kappa shape index (κ3) is 5.26. The highest BCUT2D eigenvalue weighted by atomic mass is 32.2. The number of imide groups is 1. The number of anilines is 2. The third-order valence-corrected chi connectivity index (χ3v) is 6.96. The van der Waals surface area contributed by atoms with Gasteiger partial charge in [-0.05, 0) is 66.3 Å². The summed E-state index contributed by atoms with van der Waals surface area (Å²) in [6.45, 7) is 6.45. The lowest BCUT2D eigenvalue weighted by Gasteiger charge is -2.16. The van der Waals surface area contributed by atoms with Gasteiger partial charge in [0.15, 0.2) is 0 Å². The summed E-state index contributed by atoms with van der Waals surface area (Å²) in [5.74, 6) is -0.220. The Bertz CT molecular complexity index is 1180. The quantitative estimate of drug-likeness (QED) is 0.338. The zero-order valence-corrected chi connectivity index (χ0v) is 20.7. The molecule has 1 aliphatic heterocycles. The number of rotatable bonds is 9. The van der Waals surface area contributed by atoms with Crippen molar-refractivity contribution in [1.82, 2.24) is 0 Å². The lowest BCUT2D eigenvalue weighted by atomic mass is 10.0. The van der Waals surface area contributed by atoms with Gasteiger partial charge in [0.25, 0.3) is 11.8 Å². The molecule has 4 nitrogen and oxygen atoms in total. The van der Waals surface area contributed by atoms with Gasteiger partial charge >= 0.3 is 0 Å². The van der Waals surface area contributed by atoms with Crippen molar-refractivity contribution in [3.8, 4) is 0 Å². The van der Waals surface area contributed by atoms with Crippen molar-refractivity contribution in [2.24, 2.45) is 0 Å². The van der Waals surface area contributed by atoms with Crippen LogP contribution in [0.1, 0.15) is 50.7 Å². The second-order valence-electron chi connectivity index (χ2n) is 8.74. The minimum atomic E-state index is -0.335. The van der Waals surface area contributed by atoms with Crippen LogP contribution in [-0.2, 0) is 16.0 Å². The van der Waals surface area contributed by atoms with Gasteiger partial charge in [0.2, 0.25) is 0 Å². The van der Waals surface area contributed by atoms with Crippen LogP contribution in [0.4, 0.5) is 11.4 Å². The molecular formula is C29H30N2O2S. The van der Waals surface area contributed by atoms with E-state index < -0.39 is 0 Å². The Kier molecular flexibility index (Phi) is 7.53. The van der Waals surface area contributed by atoms with Gasteiger partial charge in [-0.2, -0.15) is 0 Å². The molecule has 0 atom stereocenters. The predicted molar refractivity (Wildman–Crippen MR) is 141 cm³/mol. The molecule has 2 amide bonds. The maximum atomic E-state index is 13.5. The predicted octanol–water partition coefficient (Wildman–Crippen LogP) is 7.14. The molecule has 5 heteroatoms. The number of hydrogen-bond donors (Lipinski definition) is 1. The molecule has 4 rings (SSSR count). The molecule has 3 aromatic rings. The van der Waals surface area contributed by atoms with Crippen molar-refractivity contribution >= 4 is 35.0 Å². The van der Waals surface area contributed by atoms with Gasteiger partial charge in [0, 0.05) is 10.6 Å². The molecule has 174 valence electrons. The Morgan fingerprint density at radius 3 is 2.15 bits per heavy atom. The number of nitrogens with zero attached hydrogens (tertiary/aromatic N) is 1. The van der Waals surface area contributed by atoms with Gasteiger partial charge in [0.05, 0.1) is 5.69 Å². The molecule has 1 heterocycles. The van der Waals surface area contributed by atoms with E-state index in [9.17, 15) is 9.59 Å². The molecule has 34 heavy (non-hydrogen) atoms. The number of unbranched alkanes of at least 4 members (excludes halogenated alkanes) is 1. The van der Waals surface area contributed by atoms with E-state index in [1.54, 1.807) is 0 Å². The molecule has 1 N–H and O–H groups in total. The van der Waals surface area contributed by atoms with E-state index in [4.69, 9.17) is 0 Å². The number of carbonyl (C=O) groups is 2. The summed E-state index contributed by atoms with van der Waals surface area (Å²) >= 11 is 1.32. The maximum Gasteiger partial charge on any atom is 0.283 e. The summed E-state index contributed by atoms with van der Waals surface area (Å²) in [4.78, 5) is 29.6. The minimum Gasteiger partial charge on any atom is -0.350 e. The van der Waals surface area contributed by atoms with Crippen LogP contribution >= 0.6 is 11.8 Å². The summed E-state index contributed by atoms with van der Waals surface area (Å²) < 4.78 is 0. The number of hydrogen-bond acceptors (Lipinski definition) is 4. The van der Waals surface area contributed by atoms with Crippen LogP contribution in [0.3, 0.4) is 0 Å². The maximum absolute atomic E-state index is 13.5. The molecule has 0 aromatic heterocycles. The van der Waals surface area contributed by atoms with E-state index in [1.807, 2.05) is 78.9 Å². The van der Waals surface area contributed by atoms with E-state index in [-0.39, 0.29) is 11.8 Å². The molecule has 0 saturated carbocycles. The minimum absolute atomic E-state index is 0.304. The van der Waals surface area contributed by atoms with E-state index in [1.165, 1.54) is 27.8 Å². The van der Waals surface area contributed by atoms with Crippen molar-refractivity contribution in [2.75, 3.05) is 10.2 Å². The van der Waals surface area contributed by atoms with E-state index >= 15 is 0 Å². The summed E-state index contributed by atoms with van der Waals surface area (Å²) in [5.41, 5.74) is 4.11. The zero-order chi connectivity index (χ0) is 24.1. The number of nitrogens with one attached hydrogen (secondary N) is 1. The molecular weight excluding hydrogens is 440 g/mol. The first-order valence-corrected chi connectivity index (χ1v) is 12.6. The summed E-state index contributed by atoms with van der Waals surface area (Å²) in [6.07, 6.45) is 3.23. The number of amides is 2. The monoisotopic (exact) mass is 470 g/mol. The Morgan fingerprint density at radius 2 is 1.53 bits per heavy atom. The fourth-order valence-corrected chi connectivity index (χ4v) is 4.79. The van der Waals surface area contributed by atoms with Crippen LogP contribution in [0.5, 0.6) is 0 Å². The average molecular weight is 471 g/mol. The van der Waals surface area contributed by atoms with Crippen molar-refractivity contribution in [2.45, 2.75) is 50.8 Å². The standard InChI is InChI=1S/C29H30N2O2S/c1-4-5-9-21-12-18-24(19-13-21)31-28(32)26(30-23-16-14-22(15-17-23)20(2)3)27(29(31)33)34-25-10-7-6-8-11-25/h6-8,10-20,30H,4-5,9H2,1-3H3. The van der Waals surface area contributed by atoms with Crippen molar-refractivity contribution in [3.63, 3.8) is 0 Å². The number of aryl methyl sites for hydroxylation is 1. The van der Waals surface area contributed by atoms with Gasteiger partial charge in [-0.15, -0.1) is 0 Å². The van der Waals surface area contributed by atoms with Crippen LogP contribution in [0, 0.1) is 0 Å². The highest BCUT2D eigenvalue weighted by Gasteiger charge is 2.40. The normalized spacial score (nSPS) is 13.8. The third-order valence-electron chi connectivity index (χ3n) is 5.86. The van der Waals surface area contributed by atoms with E-state index in [2.05, 4.69) is 26.1 Å². The van der Waals surface area contributed by atoms with Crippen LogP contribution in [0.25, 0.3) is 0 Å². The molecule has 0 aliphatic carbocycles.